The topological polar surface area (TPSA) is 62.3 Å². The van der Waals surface area contributed by atoms with Crippen molar-refractivity contribution in [1.82, 2.24) is 4.98 Å². The van der Waals surface area contributed by atoms with Crippen LogP contribution >= 0.6 is 0 Å². The molecular formula is C11H17N3O2S. The van der Waals surface area contributed by atoms with Crippen molar-refractivity contribution in [3.8, 4) is 0 Å². The van der Waals surface area contributed by atoms with E-state index in [1.807, 2.05) is 6.07 Å². The first-order chi connectivity index (χ1) is 8.04. The molecule has 0 radical (unpaired) electrons. The van der Waals surface area contributed by atoms with Gasteiger partial charge in [0.25, 0.3) is 0 Å². The van der Waals surface area contributed by atoms with E-state index in [0.717, 1.165) is 25.0 Å². The van der Waals surface area contributed by atoms with Gasteiger partial charge in [-0.05, 0) is 31.4 Å². The van der Waals surface area contributed by atoms with E-state index in [1.54, 1.807) is 12.3 Å². The van der Waals surface area contributed by atoms with Crippen LogP contribution in [0.25, 0.3) is 0 Å². The molecule has 5 nitrogen and oxygen atoms in total. The lowest BCUT2D eigenvalue weighted by Gasteiger charge is -2.28. The molecule has 0 aliphatic carbocycles. The number of anilines is 2. The lowest BCUT2D eigenvalue weighted by Crippen LogP contribution is -2.29. The Morgan fingerprint density at radius 3 is 2.47 bits per heavy atom. The number of pyridine rings is 1. The Bertz CT molecular complexity index is 464. The first kappa shape index (κ1) is 12.2. The van der Waals surface area contributed by atoms with Crippen molar-refractivity contribution >= 4 is 21.5 Å². The van der Waals surface area contributed by atoms with Crippen molar-refractivity contribution in [1.29, 1.82) is 0 Å². The zero-order valence-corrected chi connectivity index (χ0v) is 10.7. The lowest BCUT2D eigenvalue weighted by atomic mass is 10.1. The Kier molecular flexibility index (Phi) is 3.51. The number of hydrogen-bond donors (Lipinski definition) is 1. The van der Waals surface area contributed by atoms with Crippen LogP contribution in [0.15, 0.2) is 18.3 Å². The van der Waals surface area contributed by atoms with E-state index in [0.29, 0.717) is 5.82 Å². The van der Waals surface area contributed by atoms with Crippen molar-refractivity contribution < 1.29 is 8.42 Å². The smallest absolute Gasteiger partial charge is 0.230 e. The first-order valence-corrected chi connectivity index (χ1v) is 7.62. The molecule has 6 heteroatoms. The molecule has 2 heterocycles. The monoisotopic (exact) mass is 255 g/mol. The van der Waals surface area contributed by atoms with Crippen LogP contribution in [0, 0.1) is 0 Å². The molecule has 1 aliphatic rings. The molecule has 1 N–H and O–H groups in total. The largest absolute Gasteiger partial charge is 0.370 e. The molecule has 0 atom stereocenters. The summed E-state index contributed by atoms with van der Waals surface area (Å²) in [6, 6.07) is 3.61. The fourth-order valence-electron chi connectivity index (χ4n) is 1.98. The van der Waals surface area contributed by atoms with Gasteiger partial charge >= 0.3 is 0 Å². The minimum Gasteiger partial charge on any atom is -0.370 e. The second-order valence-electron chi connectivity index (χ2n) is 4.32. The Labute approximate surface area is 102 Å². The number of piperidine rings is 1. The van der Waals surface area contributed by atoms with Crippen LogP contribution < -0.4 is 9.62 Å². The minimum atomic E-state index is -3.24. The van der Waals surface area contributed by atoms with E-state index in [-0.39, 0.29) is 0 Å². The number of rotatable bonds is 3. The first-order valence-electron chi connectivity index (χ1n) is 5.73. The summed E-state index contributed by atoms with van der Waals surface area (Å²) < 4.78 is 24.4. The van der Waals surface area contributed by atoms with Gasteiger partial charge in [-0.25, -0.2) is 13.4 Å². The summed E-state index contributed by atoms with van der Waals surface area (Å²) in [6.45, 7) is 2.11. The molecule has 0 bridgehead atoms. The molecule has 1 aromatic rings. The molecule has 94 valence electrons. The van der Waals surface area contributed by atoms with Crippen molar-refractivity contribution in [2.45, 2.75) is 19.3 Å². The number of sulfonamides is 1. The molecule has 1 fully saturated rings. The van der Waals surface area contributed by atoms with E-state index in [2.05, 4.69) is 14.6 Å². The SMILES string of the molecule is CS(=O)(=O)Nc1ccc(N2CCCCC2)cn1. The molecule has 1 aliphatic heterocycles. The predicted octanol–water partition coefficient (Wildman–Crippen LogP) is 1.44. The third kappa shape index (κ3) is 3.59. The summed E-state index contributed by atoms with van der Waals surface area (Å²) in [6.07, 6.45) is 6.55. The maximum Gasteiger partial charge on any atom is 0.230 e. The van der Waals surface area contributed by atoms with Crippen molar-refractivity contribution in [3.05, 3.63) is 18.3 Å². The Balaban J connectivity index is 2.07. The Morgan fingerprint density at radius 2 is 1.94 bits per heavy atom. The van der Waals surface area contributed by atoms with Crippen LogP contribution in [0.4, 0.5) is 11.5 Å². The fraction of sp³-hybridized carbons (Fsp3) is 0.545. The van der Waals surface area contributed by atoms with Gasteiger partial charge in [0.05, 0.1) is 18.1 Å². The van der Waals surface area contributed by atoms with Crippen LogP contribution in [0.5, 0.6) is 0 Å². The molecule has 2 rings (SSSR count). The fourth-order valence-corrected chi connectivity index (χ4v) is 2.48. The summed E-state index contributed by atoms with van der Waals surface area (Å²) in [7, 11) is -3.24. The molecule has 1 aromatic heterocycles. The maximum absolute atomic E-state index is 11.0. The van der Waals surface area contributed by atoms with Gasteiger partial charge < -0.3 is 4.90 Å². The van der Waals surface area contributed by atoms with Gasteiger partial charge in [0, 0.05) is 13.1 Å². The predicted molar refractivity (Wildman–Crippen MR) is 68.8 cm³/mol. The van der Waals surface area contributed by atoms with Crippen LogP contribution in [0.2, 0.25) is 0 Å². The molecule has 1 saturated heterocycles. The zero-order valence-electron chi connectivity index (χ0n) is 9.89. The average Bonchev–Trinajstić information content (AvgIpc) is 2.29. The molecule has 0 spiro atoms. The van der Waals surface area contributed by atoms with Gasteiger partial charge in [-0.2, -0.15) is 0 Å². The van der Waals surface area contributed by atoms with E-state index in [9.17, 15) is 8.42 Å². The van der Waals surface area contributed by atoms with Crippen LogP contribution in [0.1, 0.15) is 19.3 Å². The third-order valence-corrected chi connectivity index (χ3v) is 3.34. The van der Waals surface area contributed by atoms with Gasteiger partial charge in [0.1, 0.15) is 5.82 Å². The summed E-state index contributed by atoms with van der Waals surface area (Å²) >= 11 is 0. The molecule has 17 heavy (non-hydrogen) atoms. The molecule has 0 unspecified atom stereocenters. The third-order valence-electron chi connectivity index (χ3n) is 2.76. The van der Waals surface area contributed by atoms with E-state index < -0.39 is 10.0 Å². The summed E-state index contributed by atoms with van der Waals surface area (Å²) in [4.78, 5) is 6.39. The van der Waals surface area contributed by atoms with Gasteiger partial charge in [-0.3, -0.25) is 4.72 Å². The van der Waals surface area contributed by atoms with E-state index in [1.165, 1.54) is 19.3 Å². The van der Waals surface area contributed by atoms with Crippen molar-refractivity contribution in [3.63, 3.8) is 0 Å². The summed E-state index contributed by atoms with van der Waals surface area (Å²) in [5.74, 6) is 0.369. The van der Waals surface area contributed by atoms with Crippen LogP contribution in [0.3, 0.4) is 0 Å². The summed E-state index contributed by atoms with van der Waals surface area (Å²) in [5.41, 5.74) is 1.06. The van der Waals surface area contributed by atoms with Gasteiger partial charge in [0.2, 0.25) is 10.0 Å². The number of aromatic nitrogens is 1. The minimum absolute atomic E-state index is 0.369. The summed E-state index contributed by atoms with van der Waals surface area (Å²) in [5, 5.41) is 0. The Hall–Kier alpha value is -1.30. The van der Waals surface area contributed by atoms with Gasteiger partial charge in [-0.15, -0.1) is 0 Å². The highest BCUT2D eigenvalue weighted by Gasteiger charge is 2.11. The highest BCUT2D eigenvalue weighted by Crippen LogP contribution is 2.20. The molecule has 0 aromatic carbocycles. The molecule has 0 amide bonds. The second kappa shape index (κ2) is 4.91. The van der Waals surface area contributed by atoms with Gasteiger partial charge in [0.15, 0.2) is 0 Å². The average molecular weight is 255 g/mol. The number of nitrogens with one attached hydrogen (secondary N) is 1. The zero-order chi connectivity index (χ0) is 12.3. The quantitative estimate of drug-likeness (QED) is 0.888. The highest BCUT2D eigenvalue weighted by molar-refractivity contribution is 7.92. The van der Waals surface area contributed by atoms with Crippen LogP contribution in [-0.4, -0.2) is 32.7 Å². The van der Waals surface area contributed by atoms with Gasteiger partial charge in [-0.1, -0.05) is 0 Å². The van der Waals surface area contributed by atoms with E-state index in [4.69, 9.17) is 0 Å². The number of nitrogens with zero attached hydrogens (tertiary/aromatic N) is 2. The van der Waals surface area contributed by atoms with Crippen molar-refractivity contribution in [2.24, 2.45) is 0 Å². The normalized spacial score (nSPS) is 16.9. The molecule has 0 saturated carbocycles. The standard InChI is InChI=1S/C11H17N3O2S/c1-17(15,16)13-11-6-5-10(9-12-11)14-7-3-2-4-8-14/h5-6,9H,2-4,7-8H2,1H3,(H,12,13). The Morgan fingerprint density at radius 1 is 1.24 bits per heavy atom. The lowest BCUT2D eigenvalue weighted by molar-refractivity contribution is 0.577. The molecular weight excluding hydrogens is 238 g/mol. The van der Waals surface area contributed by atoms with E-state index >= 15 is 0 Å². The van der Waals surface area contributed by atoms with Crippen molar-refractivity contribution in [2.75, 3.05) is 29.0 Å². The maximum atomic E-state index is 11.0. The van der Waals surface area contributed by atoms with Crippen LogP contribution in [-0.2, 0) is 10.0 Å². The number of hydrogen-bond acceptors (Lipinski definition) is 4. The second-order valence-corrected chi connectivity index (χ2v) is 6.07. The highest BCUT2D eigenvalue weighted by atomic mass is 32.2.